The van der Waals surface area contributed by atoms with Crippen molar-refractivity contribution in [1.82, 2.24) is 0 Å². The van der Waals surface area contributed by atoms with Crippen LogP contribution in [-0.2, 0) is 0 Å². The van der Waals surface area contributed by atoms with E-state index in [9.17, 15) is 5.11 Å². The summed E-state index contributed by atoms with van der Waals surface area (Å²) in [6.45, 7) is 1.07. The molecule has 0 saturated carbocycles. The number of anilines is 1. The third kappa shape index (κ3) is 1.64. The van der Waals surface area contributed by atoms with Crippen molar-refractivity contribution >= 4 is 5.69 Å². The second-order valence-corrected chi connectivity index (χ2v) is 4.19. The first-order valence-electron chi connectivity index (χ1n) is 5.45. The van der Waals surface area contributed by atoms with Gasteiger partial charge in [0.15, 0.2) is 0 Å². The summed E-state index contributed by atoms with van der Waals surface area (Å²) in [6, 6.07) is 5.92. The molecule has 3 N–H and O–H groups in total. The zero-order valence-corrected chi connectivity index (χ0v) is 9.68. The summed E-state index contributed by atoms with van der Waals surface area (Å²) in [7, 11) is 3.67. The quantitative estimate of drug-likeness (QED) is 0.784. The molecule has 0 amide bonds. The third-order valence-electron chi connectivity index (χ3n) is 3.21. The van der Waals surface area contributed by atoms with Crippen molar-refractivity contribution in [2.45, 2.75) is 12.0 Å². The van der Waals surface area contributed by atoms with Crippen molar-refractivity contribution in [2.24, 2.45) is 5.73 Å². The van der Waals surface area contributed by atoms with Gasteiger partial charge in [-0.1, -0.05) is 12.1 Å². The van der Waals surface area contributed by atoms with Gasteiger partial charge in [-0.15, -0.1) is 0 Å². The molecule has 16 heavy (non-hydrogen) atoms. The van der Waals surface area contributed by atoms with E-state index in [1.807, 2.05) is 25.2 Å². The fraction of sp³-hybridized carbons (Fsp3) is 0.500. The first-order chi connectivity index (χ1) is 7.69. The number of aliphatic hydroxyl groups excluding tert-OH is 1. The van der Waals surface area contributed by atoms with Crippen molar-refractivity contribution in [1.29, 1.82) is 0 Å². The Morgan fingerprint density at radius 3 is 3.00 bits per heavy atom. The maximum absolute atomic E-state index is 9.89. The zero-order chi connectivity index (χ0) is 11.7. The molecule has 1 aromatic rings. The fourth-order valence-corrected chi connectivity index (χ4v) is 2.39. The lowest BCUT2D eigenvalue weighted by Crippen LogP contribution is -2.30. The van der Waals surface area contributed by atoms with Gasteiger partial charge in [-0.25, -0.2) is 0 Å². The highest BCUT2D eigenvalue weighted by Crippen LogP contribution is 2.42. The van der Waals surface area contributed by atoms with Crippen molar-refractivity contribution < 1.29 is 9.84 Å². The molecule has 88 valence electrons. The number of nitrogens with zero attached hydrogens (tertiary/aromatic N) is 1. The van der Waals surface area contributed by atoms with E-state index in [4.69, 9.17) is 10.5 Å². The van der Waals surface area contributed by atoms with Gasteiger partial charge >= 0.3 is 0 Å². The van der Waals surface area contributed by atoms with E-state index < -0.39 is 6.10 Å². The van der Waals surface area contributed by atoms with Gasteiger partial charge in [0.25, 0.3) is 0 Å². The summed E-state index contributed by atoms with van der Waals surface area (Å²) in [4.78, 5) is 2.11. The number of rotatable bonds is 3. The molecule has 2 atom stereocenters. The van der Waals surface area contributed by atoms with Crippen LogP contribution < -0.4 is 15.4 Å². The number of methoxy groups -OCH3 is 1. The summed E-state index contributed by atoms with van der Waals surface area (Å²) in [5.41, 5.74) is 7.72. The number of likely N-dealkylation sites (N-methyl/N-ethyl adjacent to an activating group) is 1. The molecule has 0 saturated heterocycles. The van der Waals surface area contributed by atoms with Crippen LogP contribution in [0.2, 0.25) is 0 Å². The Morgan fingerprint density at radius 1 is 1.62 bits per heavy atom. The number of hydrogen-bond acceptors (Lipinski definition) is 4. The minimum absolute atomic E-state index is 0.0834. The normalized spacial score (nSPS) is 20.8. The Morgan fingerprint density at radius 2 is 2.38 bits per heavy atom. The molecule has 4 heteroatoms. The lowest BCUT2D eigenvalue weighted by molar-refractivity contribution is 0.156. The topological polar surface area (TPSA) is 58.7 Å². The van der Waals surface area contributed by atoms with Gasteiger partial charge in [0.1, 0.15) is 5.75 Å². The van der Waals surface area contributed by atoms with E-state index in [1.165, 1.54) is 0 Å². The van der Waals surface area contributed by atoms with Gasteiger partial charge in [0.2, 0.25) is 0 Å². The maximum atomic E-state index is 9.89. The van der Waals surface area contributed by atoms with Gasteiger partial charge in [-0.2, -0.15) is 0 Å². The van der Waals surface area contributed by atoms with Crippen LogP contribution in [0.3, 0.4) is 0 Å². The number of benzene rings is 1. The minimum atomic E-state index is -0.490. The molecule has 0 fully saturated rings. The Kier molecular flexibility index (Phi) is 3.03. The molecule has 2 unspecified atom stereocenters. The largest absolute Gasteiger partial charge is 0.495 e. The average molecular weight is 222 g/mol. The number of para-hydroxylation sites is 1. The van der Waals surface area contributed by atoms with E-state index in [1.54, 1.807) is 7.11 Å². The lowest BCUT2D eigenvalue weighted by atomic mass is 9.95. The monoisotopic (exact) mass is 222 g/mol. The smallest absolute Gasteiger partial charge is 0.142 e. The highest BCUT2D eigenvalue weighted by Gasteiger charge is 2.33. The van der Waals surface area contributed by atoms with Gasteiger partial charge in [-0.05, 0) is 11.6 Å². The van der Waals surface area contributed by atoms with E-state index in [0.717, 1.165) is 23.5 Å². The second kappa shape index (κ2) is 4.31. The molecule has 1 heterocycles. The van der Waals surface area contributed by atoms with Crippen LogP contribution >= 0.6 is 0 Å². The van der Waals surface area contributed by atoms with Gasteiger partial charge in [0, 0.05) is 26.1 Å². The Labute approximate surface area is 95.6 Å². The maximum Gasteiger partial charge on any atom is 0.142 e. The fourth-order valence-electron chi connectivity index (χ4n) is 2.39. The number of ether oxygens (including phenoxy) is 1. The van der Waals surface area contributed by atoms with E-state index in [2.05, 4.69) is 4.90 Å². The molecule has 0 aromatic heterocycles. The van der Waals surface area contributed by atoms with Crippen molar-refractivity contribution in [3.63, 3.8) is 0 Å². The highest BCUT2D eigenvalue weighted by atomic mass is 16.5. The molecule has 1 aromatic carbocycles. The molecule has 0 aliphatic carbocycles. The lowest BCUT2D eigenvalue weighted by Gasteiger charge is -2.17. The zero-order valence-electron chi connectivity index (χ0n) is 9.68. The van der Waals surface area contributed by atoms with Crippen LogP contribution in [0, 0.1) is 0 Å². The molecule has 1 aliphatic heterocycles. The van der Waals surface area contributed by atoms with Gasteiger partial charge < -0.3 is 20.5 Å². The molecule has 0 spiro atoms. The molecule has 0 radical (unpaired) electrons. The van der Waals surface area contributed by atoms with Gasteiger partial charge in [0.05, 0.1) is 18.9 Å². The van der Waals surface area contributed by atoms with E-state index >= 15 is 0 Å². The molecule has 1 aliphatic rings. The summed E-state index contributed by atoms with van der Waals surface area (Å²) < 4.78 is 5.33. The second-order valence-electron chi connectivity index (χ2n) is 4.19. The summed E-state index contributed by atoms with van der Waals surface area (Å²) in [5, 5.41) is 9.89. The predicted octanol–water partition coefficient (Wildman–Crippen LogP) is 0.548. The molecule has 4 nitrogen and oxygen atoms in total. The van der Waals surface area contributed by atoms with Crippen molar-refractivity contribution in [3.05, 3.63) is 23.8 Å². The Hall–Kier alpha value is -1.26. The SMILES string of the molecule is COc1cccc2c1N(C)CC2C(O)CN. The number of aliphatic hydroxyl groups is 1. The molecular formula is C12H18N2O2. The highest BCUT2D eigenvalue weighted by molar-refractivity contribution is 5.68. The van der Waals surface area contributed by atoms with Crippen LogP contribution in [0.25, 0.3) is 0 Å². The Balaban J connectivity index is 2.43. The van der Waals surface area contributed by atoms with Crippen molar-refractivity contribution in [2.75, 3.05) is 32.1 Å². The van der Waals surface area contributed by atoms with Crippen LogP contribution in [0.1, 0.15) is 11.5 Å². The predicted molar refractivity (Wildman–Crippen MR) is 64.1 cm³/mol. The van der Waals surface area contributed by atoms with E-state index in [-0.39, 0.29) is 12.5 Å². The average Bonchev–Trinajstić information content (AvgIpc) is 2.66. The molecule has 0 bridgehead atoms. The summed E-state index contributed by atoms with van der Waals surface area (Å²) in [5.74, 6) is 0.937. The first kappa shape index (κ1) is 11.2. The van der Waals surface area contributed by atoms with Crippen molar-refractivity contribution in [3.8, 4) is 5.75 Å². The third-order valence-corrected chi connectivity index (χ3v) is 3.21. The first-order valence-corrected chi connectivity index (χ1v) is 5.45. The summed E-state index contributed by atoms with van der Waals surface area (Å²) >= 11 is 0. The van der Waals surface area contributed by atoms with E-state index in [0.29, 0.717) is 0 Å². The summed E-state index contributed by atoms with van der Waals surface area (Å²) in [6.07, 6.45) is -0.490. The Bertz CT molecular complexity index is 381. The number of nitrogens with two attached hydrogens (primary N) is 1. The van der Waals surface area contributed by atoms with Gasteiger partial charge in [-0.3, -0.25) is 0 Å². The van der Waals surface area contributed by atoms with Crippen LogP contribution in [0.15, 0.2) is 18.2 Å². The number of hydrogen-bond donors (Lipinski definition) is 2. The molecule has 2 rings (SSSR count). The standard InChI is InChI=1S/C12H18N2O2/c1-14-7-9(10(15)6-13)8-4-3-5-11(16-2)12(8)14/h3-5,9-10,15H,6-7,13H2,1-2H3. The number of fused-ring (bicyclic) bond motifs is 1. The van der Waals surface area contributed by atoms with Crippen LogP contribution in [0.4, 0.5) is 5.69 Å². The van der Waals surface area contributed by atoms with Crippen LogP contribution in [-0.4, -0.2) is 38.5 Å². The minimum Gasteiger partial charge on any atom is -0.495 e. The van der Waals surface area contributed by atoms with Crippen LogP contribution in [0.5, 0.6) is 5.75 Å². The molecular weight excluding hydrogens is 204 g/mol.